The molecule has 0 bridgehead atoms. The van der Waals surface area contributed by atoms with Gasteiger partial charge in [-0.25, -0.2) is 0 Å². The number of carbonyl (C=O) groups is 1. The van der Waals surface area contributed by atoms with E-state index in [4.69, 9.17) is 18.0 Å². The van der Waals surface area contributed by atoms with Crippen LogP contribution < -0.4 is 16.4 Å². The standard InChI is InChI=1S/C14H19N3OS/c1-9-8-11(16-14(15)19)6-7-12(9)17-13(18)10-4-2-3-5-10/h6-8,10H,2-5H2,1H3,(H,17,18)(H3,15,16,19). The van der Waals surface area contributed by atoms with Crippen molar-refractivity contribution in [1.29, 1.82) is 0 Å². The molecule has 4 N–H and O–H groups in total. The summed E-state index contributed by atoms with van der Waals surface area (Å²) in [7, 11) is 0. The van der Waals surface area contributed by atoms with Crippen LogP contribution in [-0.2, 0) is 4.79 Å². The predicted molar refractivity (Wildman–Crippen MR) is 82.2 cm³/mol. The minimum absolute atomic E-state index is 0.135. The van der Waals surface area contributed by atoms with Gasteiger partial charge in [-0.2, -0.15) is 0 Å². The molecule has 0 aromatic heterocycles. The first-order valence-electron chi connectivity index (χ1n) is 6.54. The van der Waals surface area contributed by atoms with Crippen LogP contribution in [0, 0.1) is 12.8 Å². The van der Waals surface area contributed by atoms with E-state index in [2.05, 4.69) is 10.6 Å². The van der Waals surface area contributed by atoms with Gasteiger partial charge in [-0.05, 0) is 55.7 Å². The second-order valence-corrected chi connectivity index (χ2v) is 5.43. The number of thiocarbonyl (C=S) groups is 1. The molecule has 0 radical (unpaired) electrons. The van der Waals surface area contributed by atoms with Gasteiger partial charge in [-0.3, -0.25) is 4.79 Å². The molecule has 19 heavy (non-hydrogen) atoms. The van der Waals surface area contributed by atoms with Crippen LogP contribution in [0.2, 0.25) is 0 Å². The van der Waals surface area contributed by atoms with Crippen LogP contribution in [0.5, 0.6) is 0 Å². The average molecular weight is 277 g/mol. The largest absolute Gasteiger partial charge is 0.376 e. The number of carbonyl (C=O) groups excluding carboxylic acids is 1. The Kier molecular flexibility index (Phi) is 4.37. The van der Waals surface area contributed by atoms with Crippen LogP contribution in [0.3, 0.4) is 0 Å². The van der Waals surface area contributed by atoms with Gasteiger partial charge in [0.15, 0.2) is 5.11 Å². The average Bonchev–Trinajstić information content (AvgIpc) is 2.85. The third-order valence-electron chi connectivity index (χ3n) is 3.48. The van der Waals surface area contributed by atoms with E-state index in [0.29, 0.717) is 0 Å². The maximum Gasteiger partial charge on any atom is 0.227 e. The first-order chi connectivity index (χ1) is 9.06. The fraction of sp³-hybridized carbons (Fsp3) is 0.429. The summed E-state index contributed by atoms with van der Waals surface area (Å²) in [6.07, 6.45) is 4.33. The van der Waals surface area contributed by atoms with Crippen molar-refractivity contribution in [2.75, 3.05) is 10.6 Å². The Morgan fingerprint density at radius 1 is 1.32 bits per heavy atom. The number of aryl methyl sites for hydroxylation is 1. The maximum atomic E-state index is 12.1. The van der Waals surface area contributed by atoms with Crippen molar-refractivity contribution < 1.29 is 4.79 Å². The van der Waals surface area contributed by atoms with E-state index in [9.17, 15) is 4.79 Å². The molecule has 1 saturated carbocycles. The van der Waals surface area contributed by atoms with Crippen LogP contribution in [0.15, 0.2) is 18.2 Å². The summed E-state index contributed by atoms with van der Waals surface area (Å²) in [5.74, 6) is 0.310. The van der Waals surface area contributed by atoms with Crippen molar-refractivity contribution in [3.05, 3.63) is 23.8 Å². The number of nitrogens with two attached hydrogens (primary N) is 1. The number of rotatable bonds is 3. The Balaban J connectivity index is 2.04. The van der Waals surface area contributed by atoms with Gasteiger partial charge in [0, 0.05) is 17.3 Å². The van der Waals surface area contributed by atoms with Crippen LogP contribution in [-0.4, -0.2) is 11.0 Å². The van der Waals surface area contributed by atoms with Crippen LogP contribution in [0.25, 0.3) is 0 Å². The van der Waals surface area contributed by atoms with Gasteiger partial charge in [0.1, 0.15) is 0 Å². The van der Waals surface area contributed by atoms with Gasteiger partial charge in [0.25, 0.3) is 0 Å². The Morgan fingerprint density at radius 3 is 2.58 bits per heavy atom. The fourth-order valence-electron chi connectivity index (χ4n) is 2.45. The molecule has 0 aliphatic heterocycles. The smallest absolute Gasteiger partial charge is 0.227 e. The Bertz CT molecular complexity index is 495. The molecule has 5 heteroatoms. The number of hydrogen-bond donors (Lipinski definition) is 3. The zero-order chi connectivity index (χ0) is 13.8. The fourth-order valence-corrected chi connectivity index (χ4v) is 2.56. The summed E-state index contributed by atoms with van der Waals surface area (Å²) in [6, 6.07) is 5.66. The maximum absolute atomic E-state index is 12.1. The number of benzene rings is 1. The molecule has 1 fully saturated rings. The summed E-state index contributed by atoms with van der Waals surface area (Å²) in [4.78, 5) is 12.1. The summed E-state index contributed by atoms with van der Waals surface area (Å²) < 4.78 is 0. The lowest BCUT2D eigenvalue weighted by atomic mass is 10.1. The summed E-state index contributed by atoms with van der Waals surface area (Å²) in [5.41, 5.74) is 8.11. The predicted octanol–water partition coefficient (Wildman–Crippen LogP) is 2.78. The van der Waals surface area contributed by atoms with Crippen molar-refractivity contribution in [1.82, 2.24) is 0 Å². The normalized spacial score (nSPS) is 15.2. The summed E-state index contributed by atoms with van der Waals surface area (Å²) >= 11 is 4.79. The van der Waals surface area contributed by atoms with E-state index in [1.54, 1.807) is 0 Å². The topological polar surface area (TPSA) is 67.2 Å². The highest BCUT2D eigenvalue weighted by molar-refractivity contribution is 7.80. The second-order valence-electron chi connectivity index (χ2n) is 4.99. The molecular formula is C14H19N3OS. The highest BCUT2D eigenvalue weighted by atomic mass is 32.1. The zero-order valence-electron chi connectivity index (χ0n) is 11.0. The number of amides is 1. The van der Waals surface area contributed by atoms with Gasteiger partial charge in [0.05, 0.1) is 0 Å². The van der Waals surface area contributed by atoms with Gasteiger partial charge >= 0.3 is 0 Å². The zero-order valence-corrected chi connectivity index (χ0v) is 11.8. The lowest BCUT2D eigenvalue weighted by molar-refractivity contribution is -0.119. The first-order valence-corrected chi connectivity index (χ1v) is 6.95. The minimum atomic E-state index is 0.135. The van der Waals surface area contributed by atoms with E-state index < -0.39 is 0 Å². The quantitative estimate of drug-likeness (QED) is 0.743. The second kappa shape index (κ2) is 6.02. The van der Waals surface area contributed by atoms with E-state index in [1.807, 2.05) is 25.1 Å². The molecule has 1 aromatic carbocycles. The molecule has 102 valence electrons. The van der Waals surface area contributed by atoms with Crippen LogP contribution in [0.1, 0.15) is 31.2 Å². The van der Waals surface area contributed by atoms with E-state index >= 15 is 0 Å². The molecule has 4 nitrogen and oxygen atoms in total. The monoisotopic (exact) mass is 277 g/mol. The van der Waals surface area contributed by atoms with Gasteiger partial charge in [-0.15, -0.1) is 0 Å². The lowest BCUT2D eigenvalue weighted by Crippen LogP contribution is -2.21. The number of hydrogen-bond acceptors (Lipinski definition) is 2. The molecule has 1 aromatic rings. The van der Waals surface area contributed by atoms with Gasteiger partial charge in [-0.1, -0.05) is 12.8 Å². The molecule has 0 atom stereocenters. The molecule has 1 amide bonds. The molecule has 1 aliphatic rings. The molecule has 0 unspecified atom stereocenters. The minimum Gasteiger partial charge on any atom is -0.376 e. The SMILES string of the molecule is Cc1cc(NC(N)=S)ccc1NC(=O)C1CCCC1. The Morgan fingerprint density at radius 2 is 2.00 bits per heavy atom. The molecular weight excluding hydrogens is 258 g/mol. The van der Waals surface area contributed by atoms with Crippen LogP contribution >= 0.6 is 12.2 Å². The highest BCUT2D eigenvalue weighted by Crippen LogP contribution is 2.27. The summed E-state index contributed by atoms with van der Waals surface area (Å²) in [5, 5.41) is 6.12. The van der Waals surface area contributed by atoms with Crippen molar-refractivity contribution in [2.24, 2.45) is 11.7 Å². The summed E-state index contributed by atoms with van der Waals surface area (Å²) in [6.45, 7) is 1.95. The van der Waals surface area contributed by atoms with Crippen LogP contribution in [0.4, 0.5) is 11.4 Å². The Hall–Kier alpha value is -1.62. The number of nitrogens with one attached hydrogen (secondary N) is 2. The molecule has 1 aliphatic carbocycles. The molecule has 2 rings (SSSR count). The third kappa shape index (κ3) is 3.67. The lowest BCUT2D eigenvalue weighted by Gasteiger charge is -2.13. The van der Waals surface area contributed by atoms with E-state index in [0.717, 1.165) is 42.6 Å². The van der Waals surface area contributed by atoms with E-state index in [-0.39, 0.29) is 16.9 Å². The van der Waals surface area contributed by atoms with Crippen molar-refractivity contribution in [3.8, 4) is 0 Å². The van der Waals surface area contributed by atoms with E-state index in [1.165, 1.54) is 0 Å². The van der Waals surface area contributed by atoms with Gasteiger partial charge < -0.3 is 16.4 Å². The molecule has 0 spiro atoms. The number of anilines is 2. The van der Waals surface area contributed by atoms with Crippen molar-refractivity contribution in [3.63, 3.8) is 0 Å². The molecule has 0 heterocycles. The van der Waals surface area contributed by atoms with Crippen molar-refractivity contribution >= 4 is 34.6 Å². The van der Waals surface area contributed by atoms with Crippen molar-refractivity contribution in [2.45, 2.75) is 32.6 Å². The third-order valence-corrected chi connectivity index (χ3v) is 3.58. The molecule has 0 saturated heterocycles. The van der Waals surface area contributed by atoms with Gasteiger partial charge in [0.2, 0.25) is 5.91 Å². The Labute approximate surface area is 118 Å². The first kappa shape index (κ1) is 13.8. The highest BCUT2D eigenvalue weighted by Gasteiger charge is 2.22.